The number of alkyl halides is 1. The number of benzene rings is 2. The molecule has 2 aromatic carbocycles. The zero-order valence-electron chi connectivity index (χ0n) is 16.2. The zero-order chi connectivity index (χ0) is 21.0. The van der Waals surface area contributed by atoms with Crippen molar-refractivity contribution < 1.29 is 8.78 Å². The second kappa shape index (κ2) is 7.51. The quantitative estimate of drug-likeness (QED) is 0.604. The summed E-state index contributed by atoms with van der Waals surface area (Å²) in [5.74, 6) is -0.646. The van der Waals surface area contributed by atoms with Crippen molar-refractivity contribution >= 4 is 40.1 Å². The third kappa shape index (κ3) is 3.27. The minimum atomic E-state index is -0.651. The van der Waals surface area contributed by atoms with Crippen molar-refractivity contribution in [3.8, 4) is 11.1 Å². The summed E-state index contributed by atoms with van der Waals surface area (Å²) in [6.07, 6.45) is 0. The number of aromatic nitrogens is 2. The standard InChI is InChI=1S/C21H19ClF2N4OS/c1-11-9-27(7-6-25-11)20-15-5-4-14(13-3-2-12(23)8-16(13)24)19-18(15)28(21(29)26-20)10-17(22)30-19/h2-5,8,11,17,25H,6-7,9-10H2,1H3/t11-,17?/m1/s1. The second-order valence-corrected chi connectivity index (χ2v) is 9.62. The number of nitrogens with zero attached hydrogens (tertiary/aromatic N) is 3. The van der Waals surface area contributed by atoms with Crippen molar-refractivity contribution in [2.75, 3.05) is 24.5 Å². The highest BCUT2D eigenvalue weighted by Crippen LogP contribution is 2.45. The van der Waals surface area contributed by atoms with Crippen molar-refractivity contribution in [3.05, 3.63) is 52.5 Å². The van der Waals surface area contributed by atoms with Gasteiger partial charge < -0.3 is 10.2 Å². The first-order valence-electron chi connectivity index (χ1n) is 9.74. The van der Waals surface area contributed by atoms with E-state index in [-0.39, 0.29) is 17.3 Å². The van der Waals surface area contributed by atoms with Crippen molar-refractivity contribution in [2.45, 2.75) is 29.1 Å². The Bertz CT molecular complexity index is 1220. The summed E-state index contributed by atoms with van der Waals surface area (Å²) >= 11 is 7.83. The fourth-order valence-electron chi connectivity index (χ4n) is 4.21. The molecule has 2 aliphatic rings. The molecule has 9 heteroatoms. The van der Waals surface area contributed by atoms with Gasteiger partial charge in [0.05, 0.1) is 12.1 Å². The average molecular weight is 449 g/mol. The van der Waals surface area contributed by atoms with Crippen LogP contribution in [0.1, 0.15) is 6.92 Å². The van der Waals surface area contributed by atoms with Crippen LogP contribution in [0.4, 0.5) is 14.6 Å². The van der Waals surface area contributed by atoms with Crippen LogP contribution in [0.25, 0.3) is 22.0 Å². The van der Waals surface area contributed by atoms with Gasteiger partial charge in [0.15, 0.2) is 0 Å². The lowest BCUT2D eigenvalue weighted by Gasteiger charge is -2.34. The number of hydrogen-bond donors (Lipinski definition) is 1. The van der Waals surface area contributed by atoms with Gasteiger partial charge in [-0.1, -0.05) is 6.07 Å². The van der Waals surface area contributed by atoms with Crippen LogP contribution in [0.3, 0.4) is 0 Å². The van der Waals surface area contributed by atoms with Gasteiger partial charge in [-0.3, -0.25) is 4.57 Å². The van der Waals surface area contributed by atoms with E-state index in [0.717, 1.165) is 31.1 Å². The van der Waals surface area contributed by atoms with Crippen LogP contribution in [0.2, 0.25) is 0 Å². The molecule has 3 aromatic rings. The van der Waals surface area contributed by atoms with E-state index in [9.17, 15) is 13.6 Å². The largest absolute Gasteiger partial charge is 0.353 e. The normalized spacial score (nSPS) is 21.3. The molecule has 3 heterocycles. The Labute approximate surface area is 181 Å². The molecule has 30 heavy (non-hydrogen) atoms. The molecular weight excluding hydrogens is 430 g/mol. The van der Waals surface area contributed by atoms with Crippen LogP contribution < -0.4 is 15.9 Å². The lowest BCUT2D eigenvalue weighted by atomic mass is 10.0. The second-order valence-electron chi connectivity index (χ2n) is 7.62. The van der Waals surface area contributed by atoms with Crippen LogP contribution in [-0.2, 0) is 6.54 Å². The highest BCUT2D eigenvalue weighted by atomic mass is 35.5. The molecule has 2 aliphatic heterocycles. The molecule has 0 bridgehead atoms. The SMILES string of the molecule is C[C@@H]1CN(c2nc(=O)n3c4c(c(-c5ccc(F)cc5F)ccc24)SC(Cl)C3)CCN1. The van der Waals surface area contributed by atoms with Gasteiger partial charge in [0.25, 0.3) is 0 Å². The number of rotatable bonds is 2. The van der Waals surface area contributed by atoms with Crippen molar-refractivity contribution in [1.82, 2.24) is 14.9 Å². The van der Waals surface area contributed by atoms with Gasteiger partial charge in [0.2, 0.25) is 0 Å². The monoisotopic (exact) mass is 448 g/mol. The van der Waals surface area contributed by atoms with E-state index in [0.29, 0.717) is 28.3 Å². The van der Waals surface area contributed by atoms with Crippen molar-refractivity contribution in [1.29, 1.82) is 0 Å². The van der Waals surface area contributed by atoms with Crippen LogP contribution in [-0.4, -0.2) is 39.9 Å². The molecule has 1 unspecified atom stereocenters. The lowest BCUT2D eigenvalue weighted by Crippen LogP contribution is -2.50. The summed E-state index contributed by atoms with van der Waals surface area (Å²) < 4.78 is 29.2. The summed E-state index contributed by atoms with van der Waals surface area (Å²) in [5, 5.41) is 4.22. The molecule has 1 saturated heterocycles. The molecule has 0 saturated carbocycles. The van der Waals surface area contributed by atoms with Gasteiger partial charge in [-0.05, 0) is 25.1 Å². The van der Waals surface area contributed by atoms with E-state index >= 15 is 0 Å². The zero-order valence-corrected chi connectivity index (χ0v) is 17.7. The van der Waals surface area contributed by atoms with Gasteiger partial charge in [0.1, 0.15) is 22.2 Å². The van der Waals surface area contributed by atoms with Crippen molar-refractivity contribution in [2.24, 2.45) is 0 Å². The topological polar surface area (TPSA) is 50.2 Å². The maximum Gasteiger partial charge on any atom is 0.350 e. The van der Waals surface area contributed by atoms with Gasteiger partial charge in [-0.15, -0.1) is 23.4 Å². The van der Waals surface area contributed by atoms with Gasteiger partial charge in [0, 0.05) is 53.2 Å². The van der Waals surface area contributed by atoms with E-state index in [1.807, 2.05) is 12.1 Å². The highest BCUT2D eigenvalue weighted by Gasteiger charge is 2.29. The van der Waals surface area contributed by atoms with Gasteiger partial charge in [-0.25, -0.2) is 13.6 Å². The molecule has 0 amide bonds. The Hall–Kier alpha value is -2.16. The summed E-state index contributed by atoms with van der Waals surface area (Å²) in [5.41, 5.74) is 1.21. The fraction of sp³-hybridized carbons (Fsp3) is 0.333. The maximum absolute atomic E-state index is 14.6. The first kappa shape index (κ1) is 19.8. The summed E-state index contributed by atoms with van der Waals surface area (Å²) in [7, 11) is 0. The average Bonchev–Trinajstić information content (AvgIpc) is 2.70. The number of halogens is 3. The number of hydrogen-bond acceptors (Lipinski definition) is 5. The van der Waals surface area contributed by atoms with E-state index < -0.39 is 16.3 Å². The Morgan fingerprint density at radius 3 is 2.77 bits per heavy atom. The molecule has 0 aliphatic carbocycles. The minimum Gasteiger partial charge on any atom is -0.353 e. The maximum atomic E-state index is 14.6. The van der Waals surface area contributed by atoms with Crippen molar-refractivity contribution in [3.63, 3.8) is 0 Å². The number of nitrogens with one attached hydrogen (secondary N) is 1. The summed E-state index contributed by atoms with van der Waals surface area (Å²) in [6.45, 7) is 4.69. The highest BCUT2D eigenvalue weighted by molar-refractivity contribution is 8.01. The van der Waals surface area contributed by atoms with E-state index in [4.69, 9.17) is 11.6 Å². The first-order valence-corrected chi connectivity index (χ1v) is 11.1. The molecule has 1 fully saturated rings. The Morgan fingerprint density at radius 1 is 1.20 bits per heavy atom. The number of piperazine rings is 1. The molecule has 1 aromatic heterocycles. The van der Waals surface area contributed by atoms with Crippen LogP contribution in [0.15, 0.2) is 40.0 Å². The lowest BCUT2D eigenvalue weighted by molar-refractivity contribution is 0.482. The third-order valence-electron chi connectivity index (χ3n) is 5.54. The Balaban J connectivity index is 1.78. The number of thioether (sulfide) groups is 1. The molecule has 1 N–H and O–H groups in total. The first-order chi connectivity index (χ1) is 14.4. The van der Waals surface area contributed by atoms with E-state index in [1.54, 1.807) is 4.57 Å². The van der Waals surface area contributed by atoms with Gasteiger partial charge >= 0.3 is 5.69 Å². The minimum absolute atomic E-state index is 0.277. The van der Waals surface area contributed by atoms with E-state index in [1.165, 1.54) is 23.9 Å². The molecule has 2 atom stereocenters. The Morgan fingerprint density at radius 2 is 2.00 bits per heavy atom. The molecular formula is C21H19ClF2N4OS. The fourth-order valence-corrected chi connectivity index (χ4v) is 5.73. The molecule has 0 spiro atoms. The molecule has 5 rings (SSSR count). The van der Waals surface area contributed by atoms with Crippen LogP contribution >= 0.6 is 23.4 Å². The molecule has 156 valence electrons. The van der Waals surface area contributed by atoms with Gasteiger partial charge in [-0.2, -0.15) is 4.98 Å². The summed E-state index contributed by atoms with van der Waals surface area (Å²) in [6, 6.07) is 7.47. The van der Waals surface area contributed by atoms with Crippen LogP contribution in [0, 0.1) is 11.6 Å². The predicted octanol–water partition coefficient (Wildman–Crippen LogP) is 3.81. The van der Waals surface area contributed by atoms with E-state index in [2.05, 4.69) is 22.1 Å². The Kier molecular flexibility index (Phi) is 4.95. The number of anilines is 1. The third-order valence-corrected chi connectivity index (χ3v) is 7.00. The molecule has 0 radical (unpaired) electrons. The molecule has 5 nitrogen and oxygen atoms in total. The predicted molar refractivity (Wildman–Crippen MR) is 117 cm³/mol. The van der Waals surface area contributed by atoms with Crippen LogP contribution in [0.5, 0.6) is 0 Å². The smallest absolute Gasteiger partial charge is 0.350 e. The summed E-state index contributed by atoms with van der Waals surface area (Å²) in [4.78, 5) is 20.1.